The van der Waals surface area contributed by atoms with Crippen molar-refractivity contribution in [1.82, 2.24) is 19.9 Å². The van der Waals surface area contributed by atoms with E-state index in [1.807, 2.05) is 36.4 Å². The number of aromatic nitrogens is 4. The lowest BCUT2D eigenvalue weighted by molar-refractivity contribution is 0.661. The quantitative estimate of drug-likeness (QED) is 0.167. The smallest absolute Gasteiger partial charge is 0.294 e. The summed E-state index contributed by atoms with van der Waals surface area (Å²) in [5.74, 6) is 0. The van der Waals surface area contributed by atoms with Gasteiger partial charge in [0.2, 0.25) is 5.58 Å². The third kappa shape index (κ3) is 7.40. The number of halogens is 1. The monoisotopic (exact) mass is 846 g/mol. The lowest BCUT2D eigenvalue weighted by Gasteiger charge is -2.08. The molecule has 12 rings (SSSR count). The highest BCUT2D eigenvalue weighted by Crippen LogP contribution is 2.36. The maximum Gasteiger partial charge on any atom is 0.294 e. The number of hydrogen-bond acceptors (Lipinski definition) is 6. The fourth-order valence-corrected chi connectivity index (χ4v) is 8.40. The molecule has 8 aromatic carbocycles. The minimum absolute atomic E-state index is 0.256. The molecule has 0 radical (unpaired) electrons. The van der Waals surface area contributed by atoms with Crippen LogP contribution in [0, 0.1) is 0 Å². The first-order valence-corrected chi connectivity index (χ1v) is 21.2. The number of nitrogens with one attached hydrogen (secondary N) is 1. The molecule has 304 valence electrons. The fraction of sp³-hybridized carbons (Fsp3) is 0. The van der Waals surface area contributed by atoms with Crippen LogP contribution >= 0.6 is 11.6 Å². The van der Waals surface area contributed by atoms with E-state index < -0.39 is 0 Å². The van der Waals surface area contributed by atoms with E-state index in [1.165, 1.54) is 46.0 Å². The Labute approximate surface area is 371 Å². The van der Waals surface area contributed by atoms with Gasteiger partial charge in [0, 0.05) is 10.8 Å². The summed E-state index contributed by atoms with van der Waals surface area (Å²) in [7, 11) is 0. The molecule has 0 spiro atoms. The largest absolute Gasteiger partial charge is 0.451 e. The Morgan fingerprint density at radius 1 is 0.375 bits per heavy atom. The van der Waals surface area contributed by atoms with E-state index >= 15 is 0 Å². The van der Waals surface area contributed by atoms with Gasteiger partial charge in [-0.1, -0.05) is 169 Å². The van der Waals surface area contributed by atoms with E-state index in [1.54, 1.807) is 0 Å². The fourth-order valence-electron chi connectivity index (χ4n) is 8.22. The molecule has 0 unspecified atom stereocenters. The van der Waals surface area contributed by atoms with Crippen LogP contribution in [0.3, 0.4) is 0 Å². The van der Waals surface area contributed by atoms with Gasteiger partial charge in [-0.15, -0.1) is 0 Å². The van der Waals surface area contributed by atoms with Gasteiger partial charge in [0.15, 0.2) is 10.7 Å². The third-order valence-electron chi connectivity index (χ3n) is 11.5. The molecule has 12 aromatic rings. The molecule has 0 saturated heterocycles. The number of rotatable bonds is 6. The van der Waals surface area contributed by atoms with Gasteiger partial charge < -0.3 is 13.8 Å². The summed E-state index contributed by atoms with van der Waals surface area (Å²) in [6.07, 6.45) is 2.87. The number of aromatic amines is 1. The number of H-pyrrole nitrogens is 1. The lowest BCUT2D eigenvalue weighted by Crippen LogP contribution is -2.03. The van der Waals surface area contributed by atoms with Crippen molar-refractivity contribution in [2.75, 3.05) is 0 Å². The average molecular weight is 847 g/mol. The third-order valence-corrected chi connectivity index (χ3v) is 11.8. The van der Waals surface area contributed by atoms with Gasteiger partial charge in [-0.2, -0.15) is 0 Å². The minimum Gasteiger partial charge on any atom is -0.451 e. The van der Waals surface area contributed by atoms with Gasteiger partial charge in [-0.3, -0.25) is 4.79 Å². The van der Waals surface area contributed by atoms with Crippen LogP contribution in [-0.4, -0.2) is 19.9 Å². The van der Waals surface area contributed by atoms with Crippen molar-refractivity contribution < 1.29 is 8.83 Å². The molecule has 0 bridgehead atoms. The summed E-state index contributed by atoms with van der Waals surface area (Å²) in [4.78, 5) is 27.3. The number of benzene rings is 8. The van der Waals surface area contributed by atoms with Crippen LogP contribution in [0.5, 0.6) is 0 Å². The van der Waals surface area contributed by atoms with E-state index in [0.717, 1.165) is 55.3 Å². The van der Waals surface area contributed by atoms with E-state index in [9.17, 15) is 4.79 Å². The zero-order chi connectivity index (χ0) is 43.0. The topological polar surface area (TPSA) is 97.8 Å². The van der Waals surface area contributed by atoms with Gasteiger partial charge in [0.1, 0.15) is 28.5 Å². The van der Waals surface area contributed by atoms with Crippen LogP contribution in [0.25, 0.3) is 111 Å². The molecule has 0 aliphatic carbocycles. The number of hydrogen-bond donors (Lipinski definition) is 1. The van der Waals surface area contributed by atoms with Crippen LogP contribution in [-0.2, 0) is 0 Å². The second-order valence-corrected chi connectivity index (χ2v) is 15.8. The van der Waals surface area contributed by atoms with Crippen molar-refractivity contribution in [3.8, 4) is 66.8 Å². The summed E-state index contributed by atoms with van der Waals surface area (Å²) in [5, 5.41) is 2.09. The Kier molecular flexibility index (Phi) is 9.92. The first-order valence-electron chi connectivity index (χ1n) is 20.8. The first-order chi connectivity index (χ1) is 31.5. The van der Waals surface area contributed by atoms with Crippen molar-refractivity contribution in [2.24, 2.45) is 0 Å². The molecule has 4 aromatic heterocycles. The van der Waals surface area contributed by atoms with Gasteiger partial charge in [0.05, 0.1) is 6.33 Å². The van der Waals surface area contributed by atoms with Crippen LogP contribution in [0.2, 0.25) is 5.15 Å². The molecule has 0 aliphatic heterocycles. The Morgan fingerprint density at radius 2 is 0.750 bits per heavy atom. The zero-order valence-electron chi connectivity index (χ0n) is 34.1. The SMILES string of the molecule is Clc1ncnc2c1oc1ccc(-c3cccc(-c4ccc(-c5ccccc5)cc4)c3)cc12.O=c1[nH]cnc2c1oc1ccc(-c3cccc(-c4ccc(-c5ccccc5)cc4)c3)cc12. The molecule has 7 nitrogen and oxygen atoms in total. The Bertz CT molecular complexity index is 3690. The molecule has 64 heavy (non-hydrogen) atoms. The summed E-state index contributed by atoms with van der Waals surface area (Å²) >= 11 is 6.18. The van der Waals surface area contributed by atoms with Crippen molar-refractivity contribution >= 4 is 55.7 Å². The van der Waals surface area contributed by atoms with E-state index in [2.05, 4.69) is 178 Å². The molecule has 4 heterocycles. The Balaban J connectivity index is 0.000000143. The number of nitrogens with zero attached hydrogens (tertiary/aromatic N) is 3. The Hall–Kier alpha value is -8.39. The highest BCUT2D eigenvalue weighted by molar-refractivity contribution is 6.34. The van der Waals surface area contributed by atoms with Gasteiger partial charge in [-0.25, -0.2) is 15.0 Å². The van der Waals surface area contributed by atoms with Crippen LogP contribution in [0.15, 0.2) is 220 Å². The Morgan fingerprint density at radius 3 is 1.25 bits per heavy atom. The summed E-state index contributed by atoms with van der Waals surface area (Å²) in [5.41, 5.74) is 17.1. The predicted molar refractivity (Wildman–Crippen MR) is 259 cm³/mol. The van der Waals surface area contributed by atoms with E-state index in [4.69, 9.17) is 20.4 Å². The first kappa shape index (κ1) is 38.5. The maximum absolute atomic E-state index is 12.0. The van der Waals surface area contributed by atoms with Gasteiger partial charge in [-0.05, 0) is 103 Å². The standard InChI is InChI=1S/C28H17ClN2O.C28H18N2O2/c29-28-27-26(30-17-31-28)24-16-23(13-14-25(24)32-27)22-8-4-7-21(15-22)20-11-9-19(10-12-20)18-5-2-1-3-6-18;31-28-27-26(29-17-30-28)24-16-23(13-14-25(24)32-27)22-8-4-7-21(15-22)20-11-9-19(10-12-20)18-5-2-1-3-6-18/h1-17H;1-17H,(H,29,30,31). The van der Waals surface area contributed by atoms with E-state index in [0.29, 0.717) is 21.8 Å². The second kappa shape index (κ2) is 16.5. The number of furan rings is 2. The minimum atomic E-state index is -0.270. The molecule has 0 fully saturated rings. The average Bonchev–Trinajstić information content (AvgIpc) is 3.94. The van der Waals surface area contributed by atoms with Crippen molar-refractivity contribution in [3.05, 3.63) is 222 Å². The van der Waals surface area contributed by atoms with Crippen molar-refractivity contribution in [1.29, 1.82) is 0 Å². The molecule has 0 amide bonds. The highest BCUT2D eigenvalue weighted by Gasteiger charge is 2.15. The van der Waals surface area contributed by atoms with E-state index in [-0.39, 0.29) is 11.1 Å². The lowest BCUT2D eigenvalue weighted by atomic mass is 9.97. The van der Waals surface area contributed by atoms with Crippen LogP contribution in [0.4, 0.5) is 0 Å². The molecular formula is C56H35ClN4O3. The van der Waals surface area contributed by atoms with Crippen LogP contribution in [0.1, 0.15) is 0 Å². The van der Waals surface area contributed by atoms with Crippen LogP contribution < -0.4 is 5.56 Å². The number of fused-ring (bicyclic) bond motifs is 6. The van der Waals surface area contributed by atoms with Gasteiger partial charge >= 0.3 is 0 Å². The zero-order valence-corrected chi connectivity index (χ0v) is 34.8. The molecule has 8 heteroatoms. The molecule has 1 N–H and O–H groups in total. The molecule has 0 saturated carbocycles. The second-order valence-electron chi connectivity index (χ2n) is 15.4. The highest BCUT2D eigenvalue weighted by atomic mass is 35.5. The van der Waals surface area contributed by atoms with Crippen molar-refractivity contribution in [2.45, 2.75) is 0 Å². The summed E-state index contributed by atoms with van der Waals surface area (Å²) in [6, 6.07) is 67.2. The molecule has 0 atom stereocenters. The summed E-state index contributed by atoms with van der Waals surface area (Å²) < 4.78 is 11.6. The normalized spacial score (nSPS) is 11.3. The van der Waals surface area contributed by atoms with Gasteiger partial charge in [0.25, 0.3) is 5.56 Å². The predicted octanol–water partition coefficient (Wildman–Crippen LogP) is 14.7. The molecule has 0 aliphatic rings. The molecular weight excluding hydrogens is 812 g/mol. The van der Waals surface area contributed by atoms with Crippen molar-refractivity contribution in [3.63, 3.8) is 0 Å². The maximum atomic E-state index is 12.0. The summed E-state index contributed by atoms with van der Waals surface area (Å²) in [6.45, 7) is 0.